The third kappa shape index (κ3) is 5.70. The van der Waals surface area contributed by atoms with Gasteiger partial charge in [0.2, 0.25) is 0 Å². The van der Waals surface area contributed by atoms with E-state index in [9.17, 15) is 0 Å². The molecular weight excluding hydrogens is 299 g/mol. The summed E-state index contributed by atoms with van der Waals surface area (Å²) in [6.07, 6.45) is 13.1. The molecule has 1 saturated heterocycles. The van der Waals surface area contributed by atoms with Crippen LogP contribution in [-0.2, 0) is 14.0 Å². The molecule has 0 aromatic rings. The third-order valence-corrected chi connectivity index (χ3v) is 4.11. The molecule has 0 spiro atoms. The Bertz CT molecular complexity index is 576. The number of allylic oxidation sites excluding steroid dienone is 8. The zero-order valence-electron chi connectivity index (χ0n) is 15.8. The largest absolute Gasteiger partial charge is 0.490 e. The zero-order chi connectivity index (χ0) is 18.4. The van der Waals surface area contributed by atoms with Crippen LogP contribution in [0.2, 0.25) is 0 Å². The van der Waals surface area contributed by atoms with E-state index < -0.39 is 0 Å². The lowest BCUT2D eigenvalue weighted by Gasteiger charge is -2.32. The topological polar surface area (TPSA) is 27.7 Å². The average Bonchev–Trinajstić information content (AvgIpc) is 2.67. The lowest BCUT2D eigenvalue weighted by molar-refractivity contribution is 0.00578. The Hall–Kier alpha value is -1.78. The maximum Gasteiger partial charge on any atom is 0.490 e. The highest BCUT2D eigenvalue weighted by Crippen LogP contribution is 2.38. The first-order valence-corrected chi connectivity index (χ1v) is 8.14. The molecule has 0 unspecified atom stereocenters. The first-order valence-electron chi connectivity index (χ1n) is 8.14. The zero-order valence-corrected chi connectivity index (χ0v) is 15.8. The molecule has 0 aliphatic carbocycles. The van der Waals surface area contributed by atoms with Crippen LogP contribution >= 0.6 is 0 Å². The summed E-state index contributed by atoms with van der Waals surface area (Å²) in [5.74, 6) is 1.05. The van der Waals surface area contributed by atoms with Crippen molar-refractivity contribution in [1.29, 1.82) is 0 Å². The molecule has 0 N–H and O–H groups in total. The summed E-state index contributed by atoms with van der Waals surface area (Å²) in [5.41, 5.74) is 0.324. The second-order valence-electron chi connectivity index (χ2n) is 6.78. The predicted molar refractivity (Wildman–Crippen MR) is 102 cm³/mol. The smallest absolute Gasteiger partial charge is 0.459 e. The highest BCUT2D eigenvalue weighted by Gasteiger charge is 2.51. The van der Waals surface area contributed by atoms with Gasteiger partial charge in [-0.15, -0.1) is 0 Å². The molecule has 130 valence electrons. The number of hydrogen-bond donors (Lipinski definition) is 0. The summed E-state index contributed by atoms with van der Waals surface area (Å²) in [6.45, 7) is 19.8. The summed E-state index contributed by atoms with van der Waals surface area (Å²) in [7, 11) is -0.340. The van der Waals surface area contributed by atoms with E-state index in [1.54, 1.807) is 12.2 Å². The van der Waals surface area contributed by atoms with Gasteiger partial charge in [-0.1, -0.05) is 43.5 Å². The third-order valence-electron chi connectivity index (χ3n) is 4.11. The molecule has 1 rings (SSSR count). The standard InChI is InChI=1S/C20H29BO3/c1-9-10-11-14-17(3)22-18(4)15-12-13-16(2)21-23-19(5,6)20(7,8)24-21/h9-15H,3-4H2,1-2,5-8H3/b10-9-,14-11-,15-12-,16-13+. The van der Waals surface area contributed by atoms with Crippen LogP contribution in [0.15, 0.2) is 72.7 Å². The molecule has 0 atom stereocenters. The summed E-state index contributed by atoms with van der Waals surface area (Å²) >= 11 is 0. The Morgan fingerprint density at radius 1 is 0.917 bits per heavy atom. The highest BCUT2D eigenvalue weighted by molar-refractivity contribution is 6.54. The van der Waals surface area contributed by atoms with Gasteiger partial charge in [-0.2, -0.15) is 0 Å². The van der Waals surface area contributed by atoms with Gasteiger partial charge in [0.25, 0.3) is 0 Å². The molecule has 1 aliphatic heterocycles. The Kier molecular flexibility index (Phi) is 7.06. The first-order chi connectivity index (χ1) is 11.1. The second-order valence-corrected chi connectivity index (χ2v) is 6.78. The summed E-state index contributed by atoms with van der Waals surface area (Å²) < 4.78 is 17.5. The van der Waals surface area contributed by atoms with E-state index in [4.69, 9.17) is 14.0 Å². The number of ether oxygens (including phenoxy) is 1. The quantitative estimate of drug-likeness (QED) is 0.361. The van der Waals surface area contributed by atoms with E-state index >= 15 is 0 Å². The summed E-state index contributed by atoms with van der Waals surface area (Å²) in [4.78, 5) is 0. The molecule has 0 radical (unpaired) electrons. The van der Waals surface area contributed by atoms with Crippen molar-refractivity contribution in [2.75, 3.05) is 0 Å². The number of hydrogen-bond acceptors (Lipinski definition) is 3. The monoisotopic (exact) mass is 328 g/mol. The van der Waals surface area contributed by atoms with Crippen LogP contribution in [0.5, 0.6) is 0 Å². The van der Waals surface area contributed by atoms with Crippen molar-refractivity contribution < 1.29 is 14.0 Å². The minimum atomic E-state index is -0.340. The maximum atomic E-state index is 6.00. The molecule has 0 saturated carbocycles. The van der Waals surface area contributed by atoms with E-state index in [-0.39, 0.29) is 18.3 Å². The molecule has 0 bridgehead atoms. The van der Waals surface area contributed by atoms with Gasteiger partial charge in [0.15, 0.2) is 0 Å². The molecule has 0 aromatic carbocycles. The van der Waals surface area contributed by atoms with Gasteiger partial charge in [-0.3, -0.25) is 0 Å². The van der Waals surface area contributed by atoms with E-state index in [2.05, 4.69) is 13.2 Å². The van der Waals surface area contributed by atoms with Crippen molar-refractivity contribution in [2.24, 2.45) is 0 Å². The fourth-order valence-electron chi connectivity index (χ4n) is 1.93. The maximum absolute atomic E-state index is 6.00. The highest BCUT2D eigenvalue weighted by atomic mass is 16.7. The van der Waals surface area contributed by atoms with Crippen LogP contribution < -0.4 is 0 Å². The van der Waals surface area contributed by atoms with Gasteiger partial charge < -0.3 is 14.0 Å². The lowest BCUT2D eigenvalue weighted by atomic mass is 9.79. The average molecular weight is 328 g/mol. The van der Waals surface area contributed by atoms with Crippen molar-refractivity contribution >= 4 is 7.12 Å². The van der Waals surface area contributed by atoms with Crippen molar-refractivity contribution in [2.45, 2.75) is 52.7 Å². The molecule has 1 heterocycles. The van der Waals surface area contributed by atoms with Crippen molar-refractivity contribution in [3.05, 3.63) is 72.7 Å². The van der Waals surface area contributed by atoms with Crippen molar-refractivity contribution in [1.82, 2.24) is 0 Å². The van der Waals surface area contributed by atoms with Crippen LogP contribution in [0.3, 0.4) is 0 Å². The van der Waals surface area contributed by atoms with Crippen LogP contribution in [0.1, 0.15) is 41.5 Å². The minimum Gasteiger partial charge on any atom is -0.459 e. The van der Waals surface area contributed by atoms with Gasteiger partial charge in [0.05, 0.1) is 11.2 Å². The SMILES string of the molecule is C=C(/C=C\C=C/C)OC(=C)/C=C\C=C(/C)B1OC(C)(C)C(C)(C)O1. The molecule has 0 amide bonds. The Morgan fingerprint density at radius 2 is 1.42 bits per heavy atom. The van der Waals surface area contributed by atoms with Gasteiger partial charge in [-0.25, -0.2) is 0 Å². The Balaban J connectivity index is 2.58. The molecule has 24 heavy (non-hydrogen) atoms. The van der Waals surface area contributed by atoms with E-state index in [1.165, 1.54) is 0 Å². The van der Waals surface area contributed by atoms with E-state index in [1.807, 2.05) is 71.9 Å². The van der Waals surface area contributed by atoms with Crippen LogP contribution in [0, 0.1) is 0 Å². The Labute approximate surface area is 147 Å². The molecule has 1 aliphatic rings. The molecule has 1 fully saturated rings. The van der Waals surface area contributed by atoms with Gasteiger partial charge in [-0.05, 0) is 59.2 Å². The first kappa shape index (κ1) is 20.3. The van der Waals surface area contributed by atoms with E-state index in [0.29, 0.717) is 11.5 Å². The van der Waals surface area contributed by atoms with Crippen LogP contribution in [0.4, 0.5) is 0 Å². The minimum absolute atomic E-state index is 0.333. The molecule has 0 aromatic heterocycles. The fourth-order valence-corrected chi connectivity index (χ4v) is 1.93. The molecular formula is C20H29BO3. The van der Waals surface area contributed by atoms with E-state index in [0.717, 1.165) is 5.47 Å². The van der Waals surface area contributed by atoms with Crippen LogP contribution in [-0.4, -0.2) is 18.3 Å². The van der Waals surface area contributed by atoms with Crippen LogP contribution in [0.25, 0.3) is 0 Å². The second kappa shape index (κ2) is 8.36. The number of rotatable bonds is 7. The van der Waals surface area contributed by atoms with Gasteiger partial charge >= 0.3 is 7.12 Å². The normalized spacial score (nSPS) is 20.4. The molecule has 3 nitrogen and oxygen atoms in total. The van der Waals surface area contributed by atoms with Gasteiger partial charge in [0.1, 0.15) is 11.5 Å². The molecule has 4 heteroatoms. The Morgan fingerprint density at radius 3 is 1.92 bits per heavy atom. The van der Waals surface area contributed by atoms with Crippen molar-refractivity contribution in [3.63, 3.8) is 0 Å². The predicted octanol–water partition coefficient (Wildman–Crippen LogP) is 5.30. The van der Waals surface area contributed by atoms with Crippen molar-refractivity contribution in [3.8, 4) is 0 Å². The lowest BCUT2D eigenvalue weighted by Crippen LogP contribution is -2.41. The summed E-state index contributed by atoms with van der Waals surface area (Å²) in [5, 5.41) is 0. The van der Waals surface area contributed by atoms with Gasteiger partial charge in [0, 0.05) is 0 Å². The fraction of sp³-hybridized carbons (Fsp3) is 0.400. The summed E-state index contributed by atoms with van der Waals surface area (Å²) in [6, 6.07) is 0.